The van der Waals surface area contributed by atoms with Gasteiger partial charge < -0.3 is 4.90 Å². The third kappa shape index (κ3) is 4.34. The lowest BCUT2D eigenvalue weighted by Gasteiger charge is -2.17. The number of hydrogen-bond donors (Lipinski definition) is 2. The fourth-order valence-electron chi connectivity index (χ4n) is 3.07. The van der Waals surface area contributed by atoms with E-state index in [4.69, 9.17) is 0 Å². The van der Waals surface area contributed by atoms with Crippen LogP contribution in [0.5, 0.6) is 0 Å². The van der Waals surface area contributed by atoms with Crippen LogP contribution in [0.1, 0.15) is 34.8 Å². The van der Waals surface area contributed by atoms with Crippen LogP contribution in [-0.2, 0) is 16.0 Å². The molecular weight excluding hydrogens is 342 g/mol. The first-order chi connectivity index (χ1) is 13.0. The quantitative estimate of drug-likeness (QED) is 0.817. The normalized spacial score (nSPS) is 16.3. The van der Waals surface area contributed by atoms with Crippen molar-refractivity contribution in [3.63, 3.8) is 0 Å². The molecule has 3 amide bonds. The van der Waals surface area contributed by atoms with Crippen LogP contribution in [0.3, 0.4) is 0 Å². The second-order valence-electron chi connectivity index (χ2n) is 6.74. The molecular formula is C21H23N3O3. The molecule has 6 nitrogen and oxygen atoms in total. The van der Waals surface area contributed by atoms with Crippen molar-refractivity contribution in [2.45, 2.75) is 26.7 Å². The Morgan fingerprint density at radius 1 is 1.11 bits per heavy atom. The van der Waals surface area contributed by atoms with Gasteiger partial charge in [0, 0.05) is 24.2 Å². The zero-order valence-electron chi connectivity index (χ0n) is 15.5. The Morgan fingerprint density at radius 2 is 1.85 bits per heavy atom. The monoisotopic (exact) mass is 365 g/mol. The van der Waals surface area contributed by atoms with Gasteiger partial charge in [-0.15, -0.1) is 0 Å². The second kappa shape index (κ2) is 8.03. The molecule has 3 rings (SSSR count). The summed E-state index contributed by atoms with van der Waals surface area (Å²) in [6.45, 7) is 4.29. The molecule has 27 heavy (non-hydrogen) atoms. The van der Waals surface area contributed by atoms with Crippen LogP contribution in [0, 0.1) is 12.8 Å². The van der Waals surface area contributed by atoms with Gasteiger partial charge in [0.25, 0.3) is 5.91 Å². The number of carbonyl (C=O) groups is 3. The predicted molar refractivity (Wildman–Crippen MR) is 103 cm³/mol. The molecule has 1 unspecified atom stereocenters. The standard InChI is InChI=1S/C21H23N3O3/c1-3-15-5-4-6-18(11-15)24-13-17(12-19(24)25)21(27)23-22-20(26)16-9-7-14(2)8-10-16/h4-11,17H,3,12-13H2,1-2H3,(H,22,26)(H,23,27). The van der Waals surface area contributed by atoms with Crippen molar-refractivity contribution in [3.05, 3.63) is 65.2 Å². The van der Waals surface area contributed by atoms with Crippen molar-refractivity contribution in [2.75, 3.05) is 11.4 Å². The summed E-state index contributed by atoms with van der Waals surface area (Å²) in [6.07, 6.45) is 1.01. The van der Waals surface area contributed by atoms with Gasteiger partial charge in [0.05, 0.1) is 5.92 Å². The number of aryl methyl sites for hydroxylation is 2. The lowest BCUT2D eigenvalue weighted by Crippen LogP contribution is -2.45. The van der Waals surface area contributed by atoms with Gasteiger partial charge in [-0.25, -0.2) is 0 Å². The van der Waals surface area contributed by atoms with Gasteiger partial charge >= 0.3 is 0 Å². The number of nitrogens with one attached hydrogen (secondary N) is 2. The first-order valence-corrected chi connectivity index (χ1v) is 9.04. The van der Waals surface area contributed by atoms with Gasteiger partial charge in [0.1, 0.15) is 0 Å². The Morgan fingerprint density at radius 3 is 2.56 bits per heavy atom. The molecule has 2 N–H and O–H groups in total. The summed E-state index contributed by atoms with van der Waals surface area (Å²) in [5.74, 6) is -1.34. The molecule has 1 saturated heterocycles. The maximum atomic E-state index is 12.4. The van der Waals surface area contributed by atoms with E-state index in [1.54, 1.807) is 17.0 Å². The van der Waals surface area contributed by atoms with Gasteiger partial charge in [-0.1, -0.05) is 36.8 Å². The average Bonchev–Trinajstić information content (AvgIpc) is 3.08. The summed E-state index contributed by atoms with van der Waals surface area (Å²) in [5, 5.41) is 0. The van der Waals surface area contributed by atoms with Crippen LogP contribution in [0.2, 0.25) is 0 Å². The average molecular weight is 365 g/mol. The third-order valence-corrected chi connectivity index (χ3v) is 4.74. The van der Waals surface area contributed by atoms with E-state index < -0.39 is 5.92 Å². The fraction of sp³-hybridized carbons (Fsp3) is 0.286. The number of hydrazine groups is 1. The zero-order chi connectivity index (χ0) is 19.4. The highest BCUT2D eigenvalue weighted by atomic mass is 16.2. The molecule has 1 heterocycles. The number of carbonyl (C=O) groups excluding carboxylic acids is 3. The third-order valence-electron chi connectivity index (χ3n) is 4.74. The minimum absolute atomic E-state index is 0.0896. The van der Waals surface area contributed by atoms with Crippen LogP contribution in [0.25, 0.3) is 0 Å². The number of hydrogen-bond acceptors (Lipinski definition) is 3. The van der Waals surface area contributed by atoms with Crippen molar-refractivity contribution in [2.24, 2.45) is 5.92 Å². The summed E-state index contributed by atoms with van der Waals surface area (Å²) in [5.41, 5.74) is 8.30. The molecule has 2 aromatic carbocycles. The number of anilines is 1. The second-order valence-corrected chi connectivity index (χ2v) is 6.74. The lowest BCUT2D eigenvalue weighted by molar-refractivity contribution is -0.126. The largest absolute Gasteiger partial charge is 0.312 e. The van der Waals surface area contributed by atoms with Gasteiger partial charge in [0.15, 0.2) is 0 Å². The van der Waals surface area contributed by atoms with E-state index in [0.717, 1.165) is 23.2 Å². The van der Waals surface area contributed by atoms with Gasteiger partial charge in [-0.3, -0.25) is 25.2 Å². The first kappa shape index (κ1) is 18.6. The number of rotatable bonds is 4. The SMILES string of the molecule is CCc1cccc(N2CC(C(=O)NNC(=O)c3ccc(C)cc3)CC2=O)c1. The Balaban J connectivity index is 1.58. The van der Waals surface area contributed by atoms with Crippen molar-refractivity contribution >= 4 is 23.4 Å². The van der Waals surface area contributed by atoms with Crippen LogP contribution in [0.4, 0.5) is 5.69 Å². The van der Waals surface area contributed by atoms with E-state index in [1.165, 1.54) is 0 Å². The van der Waals surface area contributed by atoms with Gasteiger partial charge in [-0.05, 0) is 43.2 Å². The predicted octanol–water partition coefficient (Wildman–Crippen LogP) is 2.37. The van der Waals surface area contributed by atoms with Crippen LogP contribution in [-0.4, -0.2) is 24.3 Å². The molecule has 0 aromatic heterocycles. The van der Waals surface area contributed by atoms with E-state index in [2.05, 4.69) is 17.8 Å². The highest BCUT2D eigenvalue weighted by Crippen LogP contribution is 2.26. The maximum absolute atomic E-state index is 12.4. The minimum Gasteiger partial charge on any atom is -0.312 e. The van der Waals surface area contributed by atoms with Gasteiger partial charge in [-0.2, -0.15) is 0 Å². The first-order valence-electron chi connectivity index (χ1n) is 9.04. The molecule has 1 atom stereocenters. The number of nitrogens with zero attached hydrogens (tertiary/aromatic N) is 1. The Labute approximate surface area is 158 Å². The molecule has 0 radical (unpaired) electrons. The molecule has 2 aromatic rings. The summed E-state index contributed by atoms with van der Waals surface area (Å²) in [7, 11) is 0. The molecule has 6 heteroatoms. The summed E-state index contributed by atoms with van der Waals surface area (Å²) < 4.78 is 0. The van der Waals surface area contributed by atoms with Crippen LogP contribution < -0.4 is 15.8 Å². The van der Waals surface area contributed by atoms with E-state index in [1.807, 2.05) is 43.3 Å². The zero-order valence-corrected chi connectivity index (χ0v) is 15.5. The van der Waals surface area contributed by atoms with E-state index in [-0.39, 0.29) is 24.1 Å². The number of benzene rings is 2. The van der Waals surface area contributed by atoms with E-state index >= 15 is 0 Å². The fourth-order valence-corrected chi connectivity index (χ4v) is 3.07. The summed E-state index contributed by atoms with van der Waals surface area (Å²) in [4.78, 5) is 38.4. The van der Waals surface area contributed by atoms with Crippen molar-refractivity contribution in [3.8, 4) is 0 Å². The van der Waals surface area contributed by atoms with Gasteiger partial charge in [0.2, 0.25) is 11.8 Å². The smallest absolute Gasteiger partial charge is 0.269 e. The molecule has 0 aliphatic carbocycles. The molecule has 1 aliphatic rings. The Kier molecular flexibility index (Phi) is 5.54. The Bertz CT molecular complexity index is 861. The minimum atomic E-state index is -0.499. The summed E-state index contributed by atoms with van der Waals surface area (Å²) >= 11 is 0. The molecule has 1 aliphatic heterocycles. The van der Waals surface area contributed by atoms with Crippen LogP contribution >= 0.6 is 0 Å². The maximum Gasteiger partial charge on any atom is 0.269 e. The van der Waals surface area contributed by atoms with Crippen molar-refractivity contribution < 1.29 is 14.4 Å². The Hall–Kier alpha value is -3.15. The molecule has 0 saturated carbocycles. The lowest BCUT2D eigenvalue weighted by atomic mass is 10.1. The van der Waals surface area contributed by atoms with Crippen molar-refractivity contribution in [1.29, 1.82) is 0 Å². The molecule has 0 spiro atoms. The van der Waals surface area contributed by atoms with E-state index in [0.29, 0.717) is 12.1 Å². The highest BCUT2D eigenvalue weighted by Gasteiger charge is 2.35. The summed E-state index contributed by atoms with van der Waals surface area (Å²) in [6, 6.07) is 14.8. The van der Waals surface area contributed by atoms with E-state index in [9.17, 15) is 14.4 Å². The topological polar surface area (TPSA) is 78.5 Å². The molecule has 140 valence electrons. The molecule has 0 bridgehead atoms. The number of amides is 3. The highest BCUT2D eigenvalue weighted by molar-refractivity contribution is 6.01. The van der Waals surface area contributed by atoms with Crippen LogP contribution in [0.15, 0.2) is 48.5 Å². The van der Waals surface area contributed by atoms with Crippen molar-refractivity contribution in [1.82, 2.24) is 10.9 Å². The molecule has 1 fully saturated rings.